The van der Waals surface area contributed by atoms with Gasteiger partial charge in [0.25, 0.3) is 0 Å². The van der Waals surface area contributed by atoms with Crippen molar-refractivity contribution in [2.24, 2.45) is 11.7 Å². The summed E-state index contributed by atoms with van der Waals surface area (Å²) in [6, 6.07) is 7.72. The van der Waals surface area contributed by atoms with Crippen LogP contribution in [-0.2, 0) is 16.0 Å². The third-order valence-electron chi connectivity index (χ3n) is 5.45. The van der Waals surface area contributed by atoms with Gasteiger partial charge in [0.05, 0.1) is 38.0 Å². The normalized spacial score (nSPS) is 11.8. The third kappa shape index (κ3) is 9.31. The van der Waals surface area contributed by atoms with Gasteiger partial charge in [0.2, 0.25) is 5.78 Å². The van der Waals surface area contributed by atoms with Gasteiger partial charge < -0.3 is 30.0 Å². The van der Waals surface area contributed by atoms with Crippen LogP contribution in [0.15, 0.2) is 42.1 Å². The number of benzene rings is 2. The summed E-state index contributed by atoms with van der Waals surface area (Å²) in [7, 11) is 6.24. The monoisotopic (exact) mass is 552 g/mol. The Morgan fingerprint density at radius 1 is 1.13 bits per heavy atom. The number of aliphatic hydroxyl groups is 1. The smallest absolute Gasteiger partial charge is 0.343 e. The van der Waals surface area contributed by atoms with E-state index < -0.39 is 17.6 Å². The van der Waals surface area contributed by atoms with Gasteiger partial charge >= 0.3 is 5.97 Å². The molecule has 0 bridgehead atoms. The first-order chi connectivity index (χ1) is 17.9. The molecule has 0 saturated heterocycles. The molecular weight excluding hydrogens is 515 g/mol. The summed E-state index contributed by atoms with van der Waals surface area (Å²) in [6.07, 6.45) is 1.51. The van der Waals surface area contributed by atoms with E-state index in [4.69, 9.17) is 36.7 Å². The third-order valence-corrected chi connectivity index (χ3v) is 5.75. The maximum absolute atomic E-state index is 14.4. The first kappa shape index (κ1) is 32.9. The van der Waals surface area contributed by atoms with Crippen LogP contribution >= 0.6 is 11.6 Å². The van der Waals surface area contributed by atoms with Gasteiger partial charge in [-0.2, -0.15) is 0 Å². The molecule has 210 valence electrons. The lowest BCUT2D eigenvalue weighted by molar-refractivity contribution is -0.138. The lowest BCUT2D eigenvalue weighted by atomic mass is 9.96. The molecule has 0 amide bonds. The summed E-state index contributed by atoms with van der Waals surface area (Å²) >= 11 is 5.89. The van der Waals surface area contributed by atoms with E-state index >= 15 is 0 Å². The average Bonchev–Trinajstić information content (AvgIpc) is 2.89. The van der Waals surface area contributed by atoms with Crippen molar-refractivity contribution in [1.29, 1.82) is 0 Å². The summed E-state index contributed by atoms with van der Waals surface area (Å²) in [5, 5.41) is 8.38. The molecule has 3 N–H and O–H groups in total. The van der Waals surface area contributed by atoms with Crippen LogP contribution in [0.5, 0.6) is 11.5 Å². The first-order valence-electron chi connectivity index (χ1n) is 12.1. The van der Waals surface area contributed by atoms with Crippen LogP contribution in [0.2, 0.25) is 5.02 Å². The highest BCUT2D eigenvalue weighted by molar-refractivity contribution is 6.30. The quantitative estimate of drug-likeness (QED) is 0.140. The maximum atomic E-state index is 14.4. The summed E-state index contributed by atoms with van der Waals surface area (Å²) in [6.45, 7) is 5.84. The number of esters is 1. The minimum absolute atomic E-state index is 0.000193. The fourth-order valence-corrected chi connectivity index (χ4v) is 3.39. The molecule has 0 spiro atoms. The number of ketones is 1. The van der Waals surface area contributed by atoms with Gasteiger partial charge in [-0.3, -0.25) is 4.79 Å². The van der Waals surface area contributed by atoms with E-state index in [1.807, 2.05) is 13.8 Å². The Hall–Kier alpha value is -3.14. The van der Waals surface area contributed by atoms with Gasteiger partial charge in [0.1, 0.15) is 22.9 Å². The second kappa shape index (κ2) is 16.0. The molecule has 8 nitrogen and oxygen atoms in total. The molecule has 0 aliphatic rings. The fourth-order valence-electron chi connectivity index (χ4n) is 3.20. The molecule has 2 rings (SSSR count). The number of aliphatic hydroxyl groups excluding tert-OH is 1. The van der Waals surface area contributed by atoms with Crippen molar-refractivity contribution in [3.05, 3.63) is 69.6 Å². The van der Waals surface area contributed by atoms with Gasteiger partial charge in [-0.15, -0.1) is 0 Å². The molecule has 0 heterocycles. The van der Waals surface area contributed by atoms with Gasteiger partial charge in [0.15, 0.2) is 0 Å². The van der Waals surface area contributed by atoms with E-state index in [1.165, 1.54) is 38.6 Å². The topological polar surface area (TPSA) is 111 Å². The van der Waals surface area contributed by atoms with Crippen LogP contribution in [0.25, 0.3) is 0 Å². The van der Waals surface area contributed by atoms with Crippen molar-refractivity contribution < 1.29 is 33.3 Å². The number of rotatable bonds is 11. The molecule has 38 heavy (non-hydrogen) atoms. The van der Waals surface area contributed by atoms with E-state index in [-0.39, 0.29) is 47.6 Å². The summed E-state index contributed by atoms with van der Waals surface area (Å²) in [4.78, 5) is 27.3. The van der Waals surface area contributed by atoms with Crippen molar-refractivity contribution in [3.8, 4) is 11.5 Å². The molecule has 0 fully saturated rings. The zero-order chi connectivity index (χ0) is 29.0. The number of hydrogen-bond acceptors (Lipinski definition) is 8. The summed E-state index contributed by atoms with van der Waals surface area (Å²) < 4.78 is 30.3. The Bertz CT molecular complexity index is 1120. The van der Waals surface area contributed by atoms with E-state index in [0.29, 0.717) is 22.8 Å². The number of methoxy groups -OCH3 is 2. The number of ether oxygens (including phenoxy) is 3. The predicted octanol–water partition coefficient (Wildman–Crippen LogP) is 4.24. The van der Waals surface area contributed by atoms with Gasteiger partial charge in [-0.1, -0.05) is 37.6 Å². The standard InChI is InChI=1S/C23H25ClFNO5.C5H13NO/c1-6-31-23(28)17(13-26(2)3)22(27)16-11-15(19(29-4)12-20(16)30-5)10-14-8-7-9-18(24)21(14)25;1-4(2)5(6)3-7/h7-9,11-13H,6,10H2,1-5H3;4-5,7H,3,6H2,1-2H3/b17-13-;/t;5-/m.1/s1. The average molecular weight is 553 g/mol. The second-order valence-corrected chi connectivity index (χ2v) is 9.31. The molecule has 0 aliphatic heterocycles. The zero-order valence-corrected chi connectivity index (χ0v) is 23.8. The first-order valence-corrected chi connectivity index (χ1v) is 12.4. The Labute approximate surface area is 229 Å². The highest BCUT2D eigenvalue weighted by atomic mass is 35.5. The molecule has 10 heteroatoms. The fraction of sp³-hybridized carbons (Fsp3) is 0.429. The molecule has 0 unspecified atom stereocenters. The number of carbonyl (C=O) groups excluding carboxylic acids is 2. The predicted molar refractivity (Wildman–Crippen MR) is 146 cm³/mol. The number of nitrogens with two attached hydrogens (primary N) is 1. The van der Waals surface area contributed by atoms with Crippen molar-refractivity contribution >= 4 is 23.4 Å². The Morgan fingerprint density at radius 3 is 2.24 bits per heavy atom. The van der Waals surface area contributed by atoms with E-state index in [2.05, 4.69) is 0 Å². The van der Waals surface area contributed by atoms with E-state index in [0.717, 1.165) is 0 Å². The van der Waals surface area contributed by atoms with E-state index in [1.54, 1.807) is 38.1 Å². The van der Waals surface area contributed by atoms with Gasteiger partial charge in [-0.05, 0) is 36.1 Å². The molecule has 0 saturated carbocycles. The molecule has 0 aromatic heterocycles. The van der Waals surface area contributed by atoms with Crippen LogP contribution in [0.1, 0.15) is 42.3 Å². The summed E-state index contributed by atoms with van der Waals surface area (Å²) in [5.41, 5.74) is 6.20. The second-order valence-electron chi connectivity index (χ2n) is 8.90. The van der Waals surface area contributed by atoms with Gasteiger partial charge in [-0.25, -0.2) is 9.18 Å². The minimum Gasteiger partial charge on any atom is -0.496 e. The van der Waals surface area contributed by atoms with Crippen molar-refractivity contribution in [2.75, 3.05) is 41.5 Å². The van der Waals surface area contributed by atoms with Crippen molar-refractivity contribution in [3.63, 3.8) is 0 Å². The maximum Gasteiger partial charge on any atom is 0.343 e. The molecule has 2 aromatic carbocycles. The van der Waals surface area contributed by atoms with Crippen molar-refractivity contribution in [1.82, 2.24) is 4.90 Å². The van der Waals surface area contributed by atoms with Crippen LogP contribution in [0.3, 0.4) is 0 Å². The van der Waals surface area contributed by atoms with Crippen LogP contribution in [0.4, 0.5) is 4.39 Å². The van der Waals surface area contributed by atoms with Crippen LogP contribution < -0.4 is 15.2 Å². The molecule has 0 radical (unpaired) electrons. The SMILES string of the molecule is CC(C)[C@H](N)CO.CCOC(=O)/C(=C\N(C)C)C(=O)c1cc(Cc2cccc(Cl)c2F)c(OC)cc1OC. The molecule has 1 atom stereocenters. The Balaban J connectivity index is 0.000000905. The van der Waals surface area contributed by atoms with Gasteiger partial charge in [0, 0.05) is 38.8 Å². The highest BCUT2D eigenvalue weighted by Gasteiger charge is 2.26. The number of hydrogen-bond donors (Lipinski definition) is 2. The number of halogens is 2. The largest absolute Gasteiger partial charge is 0.496 e. The molecule has 0 aliphatic carbocycles. The molecular formula is C28H38ClFN2O6. The van der Waals surface area contributed by atoms with Crippen LogP contribution in [-0.4, -0.2) is 69.3 Å². The lowest BCUT2D eigenvalue weighted by Gasteiger charge is -2.16. The Kier molecular flexibility index (Phi) is 13.8. The Morgan fingerprint density at radius 2 is 1.76 bits per heavy atom. The lowest BCUT2D eigenvalue weighted by Crippen LogP contribution is -2.29. The van der Waals surface area contributed by atoms with E-state index in [9.17, 15) is 14.0 Å². The zero-order valence-electron chi connectivity index (χ0n) is 23.0. The number of nitrogens with zero attached hydrogens (tertiary/aromatic N) is 1. The molecule has 2 aromatic rings. The minimum atomic E-state index is -0.749. The number of carbonyl (C=O) groups is 2. The van der Waals surface area contributed by atoms with Crippen LogP contribution in [0, 0.1) is 11.7 Å². The number of Topliss-reactive ketones (excluding diaryl/α,β-unsaturated/α-hetero) is 1. The highest BCUT2D eigenvalue weighted by Crippen LogP contribution is 2.33. The van der Waals surface area contributed by atoms with Crippen molar-refractivity contribution in [2.45, 2.75) is 33.2 Å². The summed E-state index contributed by atoms with van der Waals surface area (Å²) in [5.74, 6) is -0.867.